The Balaban J connectivity index is 1.77. The van der Waals surface area contributed by atoms with Crippen LogP contribution in [0, 0.1) is 0 Å². The Bertz CT molecular complexity index is 365. The van der Waals surface area contributed by atoms with Gasteiger partial charge in [0.2, 0.25) is 0 Å². The van der Waals surface area contributed by atoms with E-state index < -0.39 is 0 Å². The second-order valence-electron chi connectivity index (χ2n) is 5.03. The maximum absolute atomic E-state index is 5.46. The Labute approximate surface area is 109 Å². The third-order valence-corrected chi connectivity index (χ3v) is 3.92. The molecule has 2 saturated heterocycles. The molecular weight excluding hydrogens is 226 g/mol. The summed E-state index contributed by atoms with van der Waals surface area (Å²) in [4.78, 5) is 9.34. The Morgan fingerprint density at radius 2 is 2.06 bits per heavy atom. The number of hydrogen-bond donors (Lipinski definition) is 0. The number of ether oxygens (including phenoxy) is 1. The van der Waals surface area contributed by atoms with Crippen LogP contribution in [-0.2, 0) is 4.74 Å². The minimum atomic E-state index is 0.534. The van der Waals surface area contributed by atoms with Crippen molar-refractivity contribution in [2.75, 3.05) is 37.7 Å². The summed E-state index contributed by atoms with van der Waals surface area (Å²) in [5, 5.41) is 0. The van der Waals surface area contributed by atoms with E-state index in [1.807, 2.05) is 18.5 Å². The van der Waals surface area contributed by atoms with Gasteiger partial charge < -0.3 is 9.64 Å². The topological polar surface area (TPSA) is 28.6 Å². The van der Waals surface area contributed by atoms with Gasteiger partial charge in [-0.05, 0) is 31.4 Å². The first-order chi connectivity index (χ1) is 8.95. The fraction of sp³-hybridized carbons (Fsp3) is 0.643. The van der Waals surface area contributed by atoms with Gasteiger partial charge in [0.1, 0.15) is 0 Å². The molecule has 1 unspecified atom stereocenters. The minimum absolute atomic E-state index is 0.534. The maximum atomic E-state index is 5.46. The summed E-state index contributed by atoms with van der Waals surface area (Å²) < 4.78 is 5.46. The first-order valence-electron chi connectivity index (χ1n) is 6.93. The van der Waals surface area contributed by atoms with Crippen LogP contribution >= 0.6 is 0 Å². The average molecular weight is 247 g/mol. The van der Waals surface area contributed by atoms with Crippen molar-refractivity contribution in [3.63, 3.8) is 0 Å². The number of morpholine rings is 1. The summed E-state index contributed by atoms with van der Waals surface area (Å²) in [6.45, 7) is 5.01. The van der Waals surface area contributed by atoms with Crippen LogP contribution in [0.3, 0.4) is 0 Å². The van der Waals surface area contributed by atoms with E-state index in [0.717, 1.165) is 32.8 Å². The second kappa shape index (κ2) is 5.67. The molecule has 3 rings (SSSR count). The van der Waals surface area contributed by atoms with Gasteiger partial charge in [-0.2, -0.15) is 0 Å². The van der Waals surface area contributed by atoms with Crippen molar-refractivity contribution in [3.05, 3.63) is 24.5 Å². The zero-order chi connectivity index (χ0) is 12.2. The molecule has 0 saturated carbocycles. The second-order valence-corrected chi connectivity index (χ2v) is 5.03. The first-order valence-corrected chi connectivity index (χ1v) is 6.93. The Hall–Kier alpha value is -1.13. The van der Waals surface area contributed by atoms with E-state index in [0.29, 0.717) is 6.17 Å². The molecule has 0 spiro atoms. The van der Waals surface area contributed by atoms with E-state index in [4.69, 9.17) is 4.74 Å². The molecule has 2 aliphatic rings. The van der Waals surface area contributed by atoms with Crippen molar-refractivity contribution in [3.8, 4) is 0 Å². The summed E-state index contributed by atoms with van der Waals surface area (Å²) >= 11 is 0. The van der Waals surface area contributed by atoms with E-state index >= 15 is 0 Å². The molecule has 1 aromatic rings. The normalized spacial score (nSPS) is 26.2. The molecule has 0 N–H and O–H groups in total. The molecule has 0 bridgehead atoms. The molecule has 4 heteroatoms. The van der Waals surface area contributed by atoms with Gasteiger partial charge in [-0.25, -0.2) is 0 Å². The zero-order valence-electron chi connectivity index (χ0n) is 10.8. The molecule has 0 radical (unpaired) electrons. The summed E-state index contributed by atoms with van der Waals surface area (Å²) in [5.41, 5.74) is 1.26. The fourth-order valence-electron chi connectivity index (χ4n) is 2.99. The predicted octanol–water partition coefficient (Wildman–Crippen LogP) is 1.73. The molecule has 3 heterocycles. The maximum Gasteiger partial charge on any atom is 0.0822 e. The molecule has 98 valence electrons. The number of hydrogen-bond acceptors (Lipinski definition) is 4. The van der Waals surface area contributed by atoms with Crippen LogP contribution in [0.15, 0.2) is 24.5 Å². The molecule has 0 aliphatic carbocycles. The van der Waals surface area contributed by atoms with Crippen molar-refractivity contribution < 1.29 is 4.74 Å². The van der Waals surface area contributed by atoms with Gasteiger partial charge in [-0.3, -0.25) is 9.88 Å². The molecular formula is C14H21N3O. The summed E-state index contributed by atoms with van der Waals surface area (Å²) in [5.74, 6) is 0. The summed E-state index contributed by atoms with van der Waals surface area (Å²) in [6, 6.07) is 4.20. The van der Waals surface area contributed by atoms with Crippen LogP contribution < -0.4 is 4.90 Å². The highest BCUT2D eigenvalue weighted by Gasteiger charge is 2.29. The van der Waals surface area contributed by atoms with Crippen LogP contribution in [0.4, 0.5) is 5.69 Å². The quantitative estimate of drug-likeness (QED) is 0.796. The van der Waals surface area contributed by atoms with Crippen molar-refractivity contribution in [1.29, 1.82) is 0 Å². The van der Waals surface area contributed by atoms with Crippen molar-refractivity contribution in [2.24, 2.45) is 0 Å². The van der Waals surface area contributed by atoms with Crippen molar-refractivity contribution in [1.82, 2.24) is 9.88 Å². The van der Waals surface area contributed by atoms with Crippen LogP contribution in [-0.4, -0.2) is 48.9 Å². The highest BCUT2D eigenvalue weighted by molar-refractivity contribution is 5.45. The highest BCUT2D eigenvalue weighted by atomic mass is 16.5. The number of nitrogens with zero attached hydrogens (tertiary/aromatic N) is 3. The van der Waals surface area contributed by atoms with Gasteiger partial charge in [-0.15, -0.1) is 0 Å². The van der Waals surface area contributed by atoms with Crippen LogP contribution in [0.5, 0.6) is 0 Å². The van der Waals surface area contributed by atoms with Crippen molar-refractivity contribution in [2.45, 2.75) is 25.4 Å². The largest absolute Gasteiger partial charge is 0.379 e. The highest BCUT2D eigenvalue weighted by Crippen LogP contribution is 2.26. The molecule has 2 aliphatic heterocycles. The van der Waals surface area contributed by atoms with Crippen molar-refractivity contribution >= 4 is 5.69 Å². The van der Waals surface area contributed by atoms with Gasteiger partial charge in [0.25, 0.3) is 0 Å². The fourth-order valence-corrected chi connectivity index (χ4v) is 2.99. The minimum Gasteiger partial charge on any atom is -0.379 e. The van der Waals surface area contributed by atoms with Gasteiger partial charge in [0.15, 0.2) is 0 Å². The molecule has 1 atom stereocenters. The Kier molecular flexibility index (Phi) is 3.76. The first kappa shape index (κ1) is 11.9. The SMILES string of the molecule is c1cncc(N2CCCCC2N2CCOCC2)c1. The number of rotatable bonds is 2. The predicted molar refractivity (Wildman–Crippen MR) is 71.6 cm³/mol. The molecule has 1 aromatic heterocycles. The lowest BCUT2D eigenvalue weighted by atomic mass is 10.1. The number of aromatic nitrogens is 1. The number of piperidine rings is 1. The van der Waals surface area contributed by atoms with E-state index in [-0.39, 0.29) is 0 Å². The average Bonchev–Trinajstić information content (AvgIpc) is 2.49. The lowest BCUT2D eigenvalue weighted by molar-refractivity contribution is 0.0107. The van der Waals surface area contributed by atoms with Crippen LogP contribution in [0.1, 0.15) is 19.3 Å². The van der Waals surface area contributed by atoms with E-state index in [1.165, 1.54) is 24.9 Å². The lowest BCUT2D eigenvalue weighted by Crippen LogP contribution is -2.54. The van der Waals surface area contributed by atoms with Gasteiger partial charge in [-0.1, -0.05) is 0 Å². The number of anilines is 1. The van der Waals surface area contributed by atoms with Gasteiger partial charge in [0, 0.05) is 25.8 Å². The molecule has 0 amide bonds. The smallest absolute Gasteiger partial charge is 0.0822 e. The molecule has 0 aromatic carbocycles. The molecule has 18 heavy (non-hydrogen) atoms. The lowest BCUT2D eigenvalue weighted by Gasteiger charge is -2.45. The monoisotopic (exact) mass is 247 g/mol. The van der Waals surface area contributed by atoms with E-state index in [1.54, 1.807) is 0 Å². The van der Waals surface area contributed by atoms with Crippen LogP contribution in [0.25, 0.3) is 0 Å². The standard InChI is InChI=1S/C14H21N3O/c1-2-7-17(13-4-3-6-15-12-13)14(5-1)16-8-10-18-11-9-16/h3-4,6,12,14H,1-2,5,7-11H2. The van der Waals surface area contributed by atoms with Crippen LogP contribution in [0.2, 0.25) is 0 Å². The van der Waals surface area contributed by atoms with Gasteiger partial charge >= 0.3 is 0 Å². The van der Waals surface area contributed by atoms with Gasteiger partial charge in [0.05, 0.1) is 31.3 Å². The van der Waals surface area contributed by atoms with E-state index in [9.17, 15) is 0 Å². The third-order valence-electron chi connectivity index (χ3n) is 3.92. The zero-order valence-corrected chi connectivity index (χ0v) is 10.8. The Morgan fingerprint density at radius 3 is 2.83 bits per heavy atom. The third kappa shape index (κ3) is 2.49. The molecule has 2 fully saturated rings. The number of pyridine rings is 1. The van der Waals surface area contributed by atoms with E-state index in [2.05, 4.69) is 20.9 Å². The summed E-state index contributed by atoms with van der Waals surface area (Å²) in [7, 11) is 0. The summed E-state index contributed by atoms with van der Waals surface area (Å²) in [6.07, 6.45) is 8.24. The Morgan fingerprint density at radius 1 is 1.17 bits per heavy atom. The molecule has 4 nitrogen and oxygen atoms in total.